The van der Waals surface area contributed by atoms with Gasteiger partial charge in [0.2, 0.25) is 0 Å². The van der Waals surface area contributed by atoms with Crippen LogP contribution in [0.5, 0.6) is 0 Å². The van der Waals surface area contributed by atoms with E-state index >= 15 is 0 Å². The molecule has 0 aromatic carbocycles. The van der Waals surface area contributed by atoms with Crippen molar-refractivity contribution in [3.63, 3.8) is 0 Å². The molecule has 0 radical (unpaired) electrons. The van der Waals surface area contributed by atoms with Crippen LogP contribution in [0.3, 0.4) is 0 Å². The highest BCUT2D eigenvalue weighted by atomic mass is 16.4. The van der Waals surface area contributed by atoms with Crippen molar-refractivity contribution in [1.82, 2.24) is 4.98 Å². The Balaban J connectivity index is 3.03. The van der Waals surface area contributed by atoms with E-state index in [2.05, 4.69) is 10.3 Å². The molecule has 0 bridgehead atoms. The van der Waals surface area contributed by atoms with Crippen LogP contribution in [0.15, 0.2) is 12.3 Å². The SMILES string of the molecule is CCc1cc(NC(=O)O)ncc1C#N. The number of nitriles is 1. The molecule has 0 aliphatic rings. The van der Waals surface area contributed by atoms with Gasteiger partial charge < -0.3 is 5.11 Å². The summed E-state index contributed by atoms with van der Waals surface area (Å²) in [6.07, 6.45) is 0.869. The number of rotatable bonds is 2. The zero-order valence-electron chi connectivity index (χ0n) is 7.61. The number of nitrogens with one attached hydrogen (secondary N) is 1. The summed E-state index contributed by atoms with van der Waals surface area (Å²) in [6, 6.07) is 3.55. The molecule has 0 aliphatic carbocycles. The molecule has 2 N–H and O–H groups in total. The zero-order valence-corrected chi connectivity index (χ0v) is 7.61. The van der Waals surface area contributed by atoms with Crippen LogP contribution in [0.4, 0.5) is 10.6 Å². The first-order valence-electron chi connectivity index (χ1n) is 4.06. The Morgan fingerprint density at radius 1 is 1.79 bits per heavy atom. The Morgan fingerprint density at radius 3 is 3.00 bits per heavy atom. The Labute approximate surface area is 81.0 Å². The summed E-state index contributed by atoms with van der Waals surface area (Å²) in [5, 5.41) is 19.3. The van der Waals surface area contributed by atoms with Crippen molar-refractivity contribution in [1.29, 1.82) is 5.26 Å². The van der Waals surface area contributed by atoms with Gasteiger partial charge in [-0.2, -0.15) is 5.26 Å². The van der Waals surface area contributed by atoms with Gasteiger partial charge in [0.1, 0.15) is 11.9 Å². The van der Waals surface area contributed by atoms with Crippen LogP contribution in [0, 0.1) is 11.3 Å². The maximum absolute atomic E-state index is 10.3. The summed E-state index contributed by atoms with van der Waals surface area (Å²) in [5.41, 5.74) is 1.26. The average Bonchev–Trinajstić information content (AvgIpc) is 2.16. The lowest BCUT2D eigenvalue weighted by Crippen LogP contribution is -2.09. The second-order valence-corrected chi connectivity index (χ2v) is 2.62. The molecule has 1 heterocycles. The molecule has 0 atom stereocenters. The average molecular weight is 191 g/mol. The van der Waals surface area contributed by atoms with Gasteiger partial charge in [0, 0.05) is 6.20 Å². The summed E-state index contributed by atoms with van der Waals surface area (Å²) in [5.74, 6) is 0.244. The number of aryl methyl sites for hydroxylation is 1. The Bertz CT molecular complexity index is 396. The highest BCUT2D eigenvalue weighted by Gasteiger charge is 2.04. The second-order valence-electron chi connectivity index (χ2n) is 2.62. The van der Waals surface area contributed by atoms with Crippen LogP contribution < -0.4 is 5.32 Å². The Morgan fingerprint density at radius 2 is 2.50 bits per heavy atom. The molecule has 0 aliphatic heterocycles. The molecule has 0 saturated heterocycles. The molecule has 1 amide bonds. The van der Waals surface area contributed by atoms with Crippen LogP contribution in [0.25, 0.3) is 0 Å². The van der Waals surface area contributed by atoms with Crippen molar-refractivity contribution in [3.05, 3.63) is 23.4 Å². The van der Waals surface area contributed by atoms with E-state index in [0.29, 0.717) is 12.0 Å². The number of hydrogen-bond acceptors (Lipinski definition) is 3. The van der Waals surface area contributed by atoms with Gasteiger partial charge in [0.25, 0.3) is 0 Å². The molecule has 0 saturated carbocycles. The van der Waals surface area contributed by atoms with E-state index in [-0.39, 0.29) is 5.82 Å². The largest absolute Gasteiger partial charge is 0.465 e. The van der Waals surface area contributed by atoms with Crippen molar-refractivity contribution < 1.29 is 9.90 Å². The second kappa shape index (κ2) is 4.23. The first-order chi connectivity index (χ1) is 6.67. The lowest BCUT2D eigenvalue weighted by atomic mass is 10.1. The highest BCUT2D eigenvalue weighted by Crippen LogP contribution is 2.12. The number of carbonyl (C=O) groups is 1. The van der Waals surface area contributed by atoms with Crippen molar-refractivity contribution >= 4 is 11.9 Å². The molecule has 5 nitrogen and oxygen atoms in total. The van der Waals surface area contributed by atoms with E-state index in [4.69, 9.17) is 10.4 Å². The van der Waals surface area contributed by atoms with E-state index < -0.39 is 6.09 Å². The Kier molecular flexibility index (Phi) is 3.02. The van der Waals surface area contributed by atoms with Crippen molar-refractivity contribution in [3.8, 4) is 6.07 Å². The van der Waals surface area contributed by atoms with Gasteiger partial charge in [-0.15, -0.1) is 0 Å². The zero-order chi connectivity index (χ0) is 10.6. The number of aromatic nitrogens is 1. The third-order valence-electron chi connectivity index (χ3n) is 1.73. The molecule has 14 heavy (non-hydrogen) atoms. The molecule has 1 aromatic heterocycles. The minimum absolute atomic E-state index is 0.244. The summed E-state index contributed by atoms with van der Waals surface area (Å²) in [4.78, 5) is 14.1. The fraction of sp³-hybridized carbons (Fsp3) is 0.222. The maximum Gasteiger partial charge on any atom is 0.410 e. The molecular formula is C9H9N3O2. The number of nitrogens with zero attached hydrogens (tertiary/aromatic N) is 2. The van der Waals surface area contributed by atoms with Crippen molar-refractivity contribution in [2.45, 2.75) is 13.3 Å². The molecular weight excluding hydrogens is 182 g/mol. The van der Waals surface area contributed by atoms with Crippen molar-refractivity contribution in [2.24, 2.45) is 0 Å². The standard InChI is InChI=1S/C9H9N3O2/c1-2-6-3-8(12-9(13)14)11-5-7(6)4-10/h3,5H,2H2,1H3,(H,11,12)(H,13,14). The van der Waals surface area contributed by atoms with E-state index in [1.807, 2.05) is 13.0 Å². The predicted octanol–water partition coefficient (Wildman–Crippen LogP) is 1.61. The quantitative estimate of drug-likeness (QED) is 0.743. The van der Waals surface area contributed by atoms with Gasteiger partial charge in [0.05, 0.1) is 5.56 Å². The first-order valence-corrected chi connectivity index (χ1v) is 4.06. The van der Waals surface area contributed by atoms with E-state index in [9.17, 15) is 4.79 Å². The number of pyridine rings is 1. The fourth-order valence-corrected chi connectivity index (χ4v) is 1.07. The number of carboxylic acid groups (broad SMARTS) is 1. The van der Waals surface area contributed by atoms with Gasteiger partial charge in [-0.1, -0.05) is 6.92 Å². The smallest absolute Gasteiger partial charge is 0.410 e. The van der Waals surface area contributed by atoms with Gasteiger partial charge in [0.15, 0.2) is 0 Å². The number of amides is 1. The lowest BCUT2D eigenvalue weighted by Gasteiger charge is -2.03. The van der Waals surface area contributed by atoms with Gasteiger partial charge in [-0.25, -0.2) is 9.78 Å². The third kappa shape index (κ3) is 2.20. The van der Waals surface area contributed by atoms with E-state index in [0.717, 1.165) is 5.56 Å². The van der Waals surface area contributed by atoms with Crippen LogP contribution in [-0.2, 0) is 6.42 Å². The molecule has 0 spiro atoms. The fourth-order valence-electron chi connectivity index (χ4n) is 1.07. The normalized spacial score (nSPS) is 9.14. The highest BCUT2D eigenvalue weighted by molar-refractivity contribution is 5.81. The predicted molar refractivity (Wildman–Crippen MR) is 50.0 cm³/mol. The molecule has 0 fully saturated rings. The van der Waals surface area contributed by atoms with Gasteiger partial charge >= 0.3 is 6.09 Å². The summed E-state index contributed by atoms with van der Waals surface area (Å²) in [7, 11) is 0. The number of hydrogen-bond donors (Lipinski definition) is 2. The van der Waals surface area contributed by atoms with Crippen LogP contribution in [0.1, 0.15) is 18.1 Å². The van der Waals surface area contributed by atoms with Gasteiger partial charge in [-0.3, -0.25) is 5.32 Å². The third-order valence-corrected chi connectivity index (χ3v) is 1.73. The molecule has 5 heteroatoms. The van der Waals surface area contributed by atoms with E-state index in [1.54, 1.807) is 6.07 Å². The van der Waals surface area contributed by atoms with Crippen molar-refractivity contribution in [2.75, 3.05) is 5.32 Å². The monoisotopic (exact) mass is 191 g/mol. The number of anilines is 1. The minimum atomic E-state index is -1.16. The maximum atomic E-state index is 10.3. The first kappa shape index (κ1) is 9.99. The van der Waals surface area contributed by atoms with Crippen LogP contribution in [0.2, 0.25) is 0 Å². The molecule has 1 rings (SSSR count). The van der Waals surface area contributed by atoms with Crippen LogP contribution in [-0.4, -0.2) is 16.2 Å². The minimum Gasteiger partial charge on any atom is -0.465 e. The topological polar surface area (TPSA) is 86.0 Å². The van der Waals surface area contributed by atoms with Crippen LogP contribution >= 0.6 is 0 Å². The van der Waals surface area contributed by atoms with E-state index in [1.165, 1.54) is 6.20 Å². The van der Waals surface area contributed by atoms with Gasteiger partial charge in [-0.05, 0) is 18.1 Å². The summed E-state index contributed by atoms with van der Waals surface area (Å²) >= 11 is 0. The Hall–Kier alpha value is -2.09. The molecule has 1 aromatic rings. The molecule has 0 unspecified atom stereocenters. The summed E-state index contributed by atoms with van der Waals surface area (Å²) < 4.78 is 0. The molecule has 72 valence electrons. The lowest BCUT2D eigenvalue weighted by molar-refractivity contribution is 0.209. The summed E-state index contributed by atoms with van der Waals surface area (Å²) in [6.45, 7) is 1.89.